The van der Waals surface area contributed by atoms with Crippen molar-refractivity contribution in [1.82, 2.24) is 15.0 Å². The first-order chi connectivity index (χ1) is 8.83. The lowest BCUT2D eigenvalue weighted by Crippen LogP contribution is -2.18. The highest BCUT2D eigenvalue weighted by molar-refractivity contribution is 9.10. The fourth-order valence-electron chi connectivity index (χ4n) is 1.39. The molecule has 0 amide bonds. The van der Waals surface area contributed by atoms with Gasteiger partial charge >= 0.3 is 0 Å². The molecule has 0 atom stereocenters. The largest absolute Gasteiger partial charge is 0.282 e. The number of anilines is 1. The third-order valence-corrected chi connectivity index (χ3v) is 5.09. The van der Waals surface area contributed by atoms with Gasteiger partial charge in [0.15, 0.2) is 4.60 Å². The van der Waals surface area contributed by atoms with Gasteiger partial charge in [-0.3, -0.25) is 4.72 Å². The zero-order valence-electron chi connectivity index (χ0n) is 9.43. The number of hydrogen-bond acceptors (Lipinski definition) is 4. The monoisotopic (exact) mass is 412 g/mol. The van der Waals surface area contributed by atoms with Crippen LogP contribution in [0.5, 0.6) is 0 Å². The molecule has 0 saturated heterocycles. The molecule has 102 valence electrons. The van der Waals surface area contributed by atoms with Crippen molar-refractivity contribution in [2.24, 2.45) is 7.05 Å². The molecule has 0 radical (unpaired) electrons. The topological polar surface area (TPSA) is 76.9 Å². The quantitative estimate of drug-likeness (QED) is 0.837. The predicted octanol–water partition coefficient (Wildman–Crippen LogP) is 2.28. The van der Waals surface area contributed by atoms with Crippen LogP contribution < -0.4 is 4.72 Å². The molecule has 0 aliphatic rings. The third-order valence-electron chi connectivity index (χ3n) is 2.19. The average molecular weight is 414 g/mol. The molecule has 0 saturated carbocycles. The van der Waals surface area contributed by atoms with Crippen LogP contribution in [0.25, 0.3) is 0 Å². The number of benzene rings is 1. The first-order valence-corrected chi connectivity index (χ1v) is 7.92. The van der Waals surface area contributed by atoms with Crippen molar-refractivity contribution in [2.45, 2.75) is 5.03 Å². The van der Waals surface area contributed by atoms with Crippen LogP contribution in [0.2, 0.25) is 0 Å². The van der Waals surface area contributed by atoms with Crippen molar-refractivity contribution in [1.29, 1.82) is 0 Å². The minimum atomic E-state index is -4.01. The van der Waals surface area contributed by atoms with Crippen molar-refractivity contribution in [2.75, 3.05) is 4.72 Å². The number of aryl methyl sites for hydroxylation is 1. The summed E-state index contributed by atoms with van der Waals surface area (Å²) in [7, 11) is -2.59. The predicted molar refractivity (Wildman–Crippen MR) is 73.6 cm³/mol. The van der Waals surface area contributed by atoms with E-state index in [1.165, 1.54) is 19.2 Å². The molecule has 1 heterocycles. The average Bonchev–Trinajstić information content (AvgIpc) is 2.64. The lowest BCUT2D eigenvalue weighted by atomic mass is 10.3. The Hall–Kier alpha value is -1.00. The summed E-state index contributed by atoms with van der Waals surface area (Å²) < 4.78 is 41.5. The van der Waals surface area contributed by atoms with Gasteiger partial charge in [-0.05, 0) is 44.0 Å². The van der Waals surface area contributed by atoms with Gasteiger partial charge in [0.05, 0.1) is 5.69 Å². The molecule has 0 bridgehead atoms. The van der Waals surface area contributed by atoms with E-state index in [0.29, 0.717) is 4.47 Å². The normalized spacial score (nSPS) is 11.6. The summed E-state index contributed by atoms with van der Waals surface area (Å²) >= 11 is 6.07. The molecule has 0 aliphatic heterocycles. The summed E-state index contributed by atoms with van der Waals surface area (Å²) in [6.45, 7) is 0. The fourth-order valence-corrected chi connectivity index (χ4v) is 4.15. The molecule has 19 heavy (non-hydrogen) atoms. The number of nitrogens with one attached hydrogen (secondary N) is 1. The van der Waals surface area contributed by atoms with Crippen molar-refractivity contribution in [3.05, 3.63) is 33.1 Å². The minimum Gasteiger partial charge on any atom is -0.274 e. The van der Waals surface area contributed by atoms with Gasteiger partial charge in [0.25, 0.3) is 10.0 Å². The summed E-state index contributed by atoms with van der Waals surface area (Å²) in [5.74, 6) is -0.691. The van der Waals surface area contributed by atoms with Crippen LogP contribution in [0.3, 0.4) is 0 Å². The van der Waals surface area contributed by atoms with Crippen LogP contribution in [0.4, 0.5) is 10.1 Å². The van der Waals surface area contributed by atoms with Crippen LogP contribution in [-0.4, -0.2) is 23.4 Å². The molecule has 0 fully saturated rings. The lowest BCUT2D eigenvalue weighted by molar-refractivity contribution is 0.577. The van der Waals surface area contributed by atoms with Gasteiger partial charge in [0.2, 0.25) is 5.03 Å². The molecular weight excluding hydrogens is 407 g/mol. The highest BCUT2D eigenvalue weighted by Gasteiger charge is 2.25. The maximum Gasteiger partial charge on any atom is 0.282 e. The minimum absolute atomic E-state index is 0.0509. The molecule has 1 N–H and O–H groups in total. The molecule has 0 aliphatic carbocycles. The van der Waals surface area contributed by atoms with Crippen molar-refractivity contribution in [3.63, 3.8) is 0 Å². The van der Waals surface area contributed by atoms with Crippen molar-refractivity contribution in [3.8, 4) is 0 Å². The standard InChI is InChI=1S/C9H7Br2FN4O2S/c1-16-9(8(11)13-15-16)19(17,18)14-7-5(10)3-2-4-6(7)12/h2-4,14H,1H3. The van der Waals surface area contributed by atoms with Crippen molar-refractivity contribution < 1.29 is 12.8 Å². The second-order valence-electron chi connectivity index (χ2n) is 3.51. The van der Waals surface area contributed by atoms with E-state index in [1.54, 1.807) is 0 Å². The van der Waals surface area contributed by atoms with E-state index in [0.717, 1.165) is 10.7 Å². The highest BCUT2D eigenvalue weighted by atomic mass is 79.9. The van der Waals surface area contributed by atoms with E-state index in [-0.39, 0.29) is 15.3 Å². The van der Waals surface area contributed by atoms with Crippen LogP contribution >= 0.6 is 31.9 Å². The molecule has 2 aromatic rings. The van der Waals surface area contributed by atoms with Gasteiger partial charge in [-0.2, -0.15) is 8.42 Å². The Labute approximate surface area is 125 Å². The highest BCUT2D eigenvalue weighted by Crippen LogP contribution is 2.28. The number of sulfonamides is 1. The van der Waals surface area contributed by atoms with E-state index in [4.69, 9.17) is 0 Å². The smallest absolute Gasteiger partial charge is 0.274 e. The molecule has 10 heteroatoms. The third kappa shape index (κ3) is 2.79. The second-order valence-corrected chi connectivity index (χ2v) is 6.71. The van der Waals surface area contributed by atoms with Gasteiger partial charge in [0.1, 0.15) is 5.82 Å². The van der Waals surface area contributed by atoms with Gasteiger partial charge < -0.3 is 0 Å². The van der Waals surface area contributed by atoms with Gasteiger partial charge in [0, 0.05) is 11.5 Å². The number of nitrogens with zero attached hydrogens (tertiary/aromatic N) is 3. The maximum atomic E-state index is 13.6. The Balaban J connectivity index is 2.49. The summed E-state index contributed by atoms with van der Waals surface area (Å²) in [6.07, 6.45) is 0. The molecule has 6 nitrogen and oxygen atoms in total. The van der Waals surface area contributed by atoms with E-state index < -0.39 is 15.8 Å². The van der Waals surface area contributed by atoms with Gasteiger partial charge in [-0.15, -0.1) is 5.10 Å². The van der Waals surface area contributed by atoms with Crippen LogP contribution in [0.1, 0.15) is 0 Å². The van der Waals surface area contributed by atoms with Crippen LogP contribution in [0, 0.1) is 5.82 Å². The Bertz CT molecular complexity index is 692. The molecular formula is C9H7Br2FN4O2S. The Kier molecular flexibility index (Phi) is 3.92. The fraction of sp³-hybridized carbons (Fsp3) is 0.111. The molecule has 1 aromatic carbocycles. The second kappa shape index (κ2) is 5.17. The maximum absolute atomic E-state index is 13.6. The van der Waals surface area contributed by atoms with E-state index >= 15 is 0 Å². The van der Waals surface area contributed by atoms with Gasteiger partial charge in [-0.25, -0.2) is 9.07 Å². The Morgan fingerprint density at radius 1 is 1.37 bits per heavy atom. The zero-order chi connectivity index (χ0) is 14.2. The Morgan fingerprint density at radius 3 is 2.58 bits per heavy atom. The number of rotatable bonds is 3. The first kappa shape index (κ1) is 14.4. The summed E-state index contributed by atoms with van der Waals surface area (Å²) in [5, 5.41) is 6.95. The van der Waals surface area contributed by atoms with E-state index in [2.05, 4.69) is 46.9 Å². The first-order valence-electron chi connectivity index (χ1n) is 4.85. The lowest BCUT2D eigenvalue weighted by Gasteiger charge is -2.10. The number of para-hydroxylation sites is 1. The number of halogens is 3. The summed E-state index contributed by atoms with van der Waals surface area (Å²) in [5.41, 5.74) is -0.171. The molecule has 1 aromatic heterocycles. The molecule has 0 unspecified atom stereocenters. The summed E-state index contributed by atoms with van der Waals surface area (Å²) in [4.78, 5) is 0. The Morgan fingerprint density at radius 2 is 2.05 bits per heavy atom. The number of aromatic nitrogens is 3. The molecule has 2 rings (SSSR count). The number of hydrogen-bond donors (Lipinski definition) is 1. The zero-order valence-corrected chi connectivity index (χ0v) is 13.4. The molecule has 0 spiro atoms. The van der Waals surface area contributed by atoms with Crippen LogP contribution in [-0.2, 0) is 17.1 Å². The van der Waals surface area contributed by atoms with E-state index in [9.17, 15) is 12.8 Å². The SMILES string of the molecule is Cn1nnc(Br)c1S(=O)(=O)Nc1c(F)cccc1Br. The van der Waals surface area contributed by atoms with Gasteiger partial charge in [-0.1, -0.05) is 11.3 Å². The van der Waals surface area contributed by atoms with Crippen molar-refractivity contribution >= 4 is 47.6 Å². The summed E-state index contributed by atoms with van der Waals surface area (Å²) in [6, 6.07) is 4.13. The van der Waals surface area contributed by atoms with E-state index in [1.807, 2.05) is 0 Å². The van der Waals surface area contributed by atoms with Crippen LogP contribution in [0.15, 0.2) is 32.3 Å².